The third-order valence-electron chi connectivity index (χ3n) is 3.86. The predicted octanol–water partition coefficient (Wildman–Crippen LogP) is 6.18. The van der Waals surface area contributed by atoms with Gasteiger partial charge in [0.05, 0.1) is 4.88 Å². The van der Waals surface area contributed by atoms with Crippen molar-refractivity contribution in [2.75, 3.05) is 0 Å². The quantitative estimate of drug-likeness (QED) is 0.412. The summed E-state index contributed by atoms with van der Waals surface area (Å²) in [5, 5.41) is 0. The molecule has 0 aliphatic carbocycles. The van der Waals surface area contributed by atoms with Crippen LogP contribution in [0.25, 0.3) is 10.4 Å². The minimum atomic E-state index is 0.492. The van der Waals surface area contributed by atoms with E-state index in [1.54, 1.807) is 0 Å². The van der Waals surface area contributed by atoms with Gasteiger partial charge in [-0.25, -0.2) is 4.37 Å². The third kappa shape index (κ3) is 4.10. The summed E-state index contributed by atoms with van der Waals surface area (Å²) in [7, 11) is 0. The van der Waals surface area contributed by atoms with Gasteiger partial charge in [0.15, 0.2) is 0 Å². The Morgan fingerprint density at radius 2 is 1.54 bits per heavy atom. The first-order chi connectivity index (χ1) is 12.9. The maximum atomic E-state index is 5.90. The van der Waals surface area contributed by atoms with E-state index < -0.39 is 0 Å². The van der Waals surface area contributed by atoms with E-state index >= 15 is 0 Å². The highest BCUT2D eigenvalue weighted by atomic mass is 32.1. The van der Waals surface area contributed by atoms with Gasteiger partial charge < -0.3 is 9.47 Å². The smallest absolute Gasteiger partial charge is 0.127 e. The molecule has 128 valence electrons. The molecule has 0 aliphatic rings. The van der Waals surface area contributed by atoms with Crippen molar-refractivity contribution in [3.05, 3.63) is 96.7 Å². The zero-order valence-electron chi connectivity index (χ0n) is 14.0. The van der Waals surface area contributed by atoms with Crippen LogP contribution in [-0.4, -0.2) is 4.37 Å². The number of hydrogen-bond acceptors (Lipinski definition) is 4. The summed E-state index contributed by atoms with van der Waals surface area (Å²) in [5.74, 6) is 2.47. The first-order valence-corrected chi connectivity index (χ1v) is 9.10. The molecule has 0 atom stereocenters. The number of aromatic nitrogens is 1. The van der Waals surface area contributed by atoms with Gasteiger partial charge in [0.25, 0.3) is 0 Å². The van der Waals surface area contributed by atoms with Crippen LogP contribution >= 0.6 is 11.5 Å². The lowest BCUT2D eigenvalue weighted by molar-refractivity contribution is 0.305. The molecule has 1 aromatic heterocycles. The molecule has 0 fully saturated rings. The van der Waals surface area contributed by atoms with E-state index in [0.717, 1.165) is 33.3 Å². The van der Waals surface area contributed by atoms with Crippen LogP contribution in [-0.2, 0) is 6.61 Å². The first kappa shape index (κ1) is 16.4. The summed E-state index contributed by atoms with van der Waals surface area (Å²) >= 11 is 1.49. The van der Waals surface area contributed by atoms with Crippen LogP contribution in [0, 0.1) is 0 Å². The number of nitrogens with zero attached hydrogens (tertiary/aromatic N) is 1. The summed E-state index contributed by atoms with van der Waals surface area (Å²) in [6.45, 7) is 0.492. The summed E-state index contributed by atoms with van der Waals surface area (Å²) in [4.78, 5) is 1.15. The number of benzene rings is 3. The molecular formula is C22H17NO2S. The Bertz CT molecular complexity index is 951. The van der Waals surface area contributed by atoms with Crippen molar-refractivity contribution in [2.45, 2.75) is 6.61 Å². The molecule has 4 heteroatoms. The Morgan fingerprint density at radius 3 is 2.31 bits per heavy atom. The minimum absolute atomic E-state index is 0.492. The molecule has 0 amide bonds. The second kappa shape index (κ2) is 7.85. The van der Waals surface area contributed by atoms with Gasteiger partial charge >= 0.3 is 0 Å². The van der Waals surface area contributed by atoms with Crippen LogP contribution in [0.5, 0.6) is 17.2 Å². The normalized spacial score (nSPS) is 10.5. The van der Waals surface area contributed by atoms with Crippen LogP contribution in [0.1, 0.15) is 5.56 Å². The largest absolute Gasteiger partial charge is 0.489 e. The maximum absolute atomic E-state index is 5.90. The fraction of sp³-hybridized carbons (Fsp3) is 0.0455. The van der Waals surface area contributed by atoms with Gasteiger partial charge in [0, 0.05) is 6.20 Å². The van der Waals surface area contributed by atoms with Gasteiger partial charge in [-0.15, -0.1) is 0 Å². The molecule has 1 heterocycles. The highest BCUT2D eigenvalue weighted by molar-refractivity contribution is 7.09. The lowest BCUT2D eigenvalue weighted by Crippen LogP contribution is -1.95. The standard InChI is InChI=1S/C22H17NO2S/c1-2-6-20(7-3-1)25-21-8-4-5-17(15-21)16-24-19-11-9-18(10-12-19)22-13-14-23-26-22/h1-15H,16H2. The number of rotatable bonds is 6. The van der Waals surface area contributed by atoms with Crippen molar-refractivity contribution in [1.82, 2.24) is 4.37 Å². The summed E-state index contributed by atoms with van der Waals surface area (Å²) in [6, 6.07) is 27.8. The Morgan fingerprint density at radius 1 is 0.731 bits per heavy atom. The Labute approximate surface area is 156 Å². The van der Waals surface area contributed by atoms with Crippen LogP contribution in [0.4, 0.5) is 0 Å². The van der Waals surface area contributed by atoms with E-state index in [2.05, 4.69) is 16.5 Å². The summed E-state index contributed by atoms with van der Waals surface area (Å²) in [5.41, 5.74) is 2.21. The van der Waals surface area contributed by atoms with Crippen molar-refractivity contribution in [3.63, 3.8) is 0 Å². The van der Waals surface area contributed by atoms with Crippen LogP contribution < -0.4 is 9.47 Å². The molecule has 4 rings (SSSR count). The molecule has 0 radical (unpaired) electrons. The van der Waals surface area contributed by atoms with Crippen LogP contribution in [0.15, 0.2) is 91.1 Å². The van der Waals surface area contributed by atoms with E-state index in [1.807, 2.05) is 79.0 Å². The molecule has 0 unspecified atom stereocenters. The maximum Gasteiger partial charge on any atom is 0.127 e. The first-order valence-electron chi connectivity index (χ1n) is 8.32. The Hall–Kier alpha value is -3.11. The molecule has 3 aromatic carbocycles. The van der Waals surface area contributed by atoms with E-state index in [9.17, 15) is 0 Å². The Balaban J connectivity index is 1.39. The van der Waals surface area contributed by atoms with E-state index in [4.69, 9.17) is 9.47 Å². The molecule has 0 spiro atoms. The molecule has 0 saturated carbocycles. The second-order valence-electron chi connectivity index (χ2n) is 5.75. The van der Waals surface area contributed by atoms with E-state index in [1.165, 1.54) is 11.5 Å². The number of hydrogen-bond donors (Lipinski definition) is 0. The topological polar surface area (TPSA) is 31.4 Å². The fourth-order valence-corrected chi connectivity index (χ4v) is 3.17. The van der Waals surface area contributed by atoms with Crippen molar-refractivity contribution in [3.8, 4) is 27.7 Å². The van der Waals surface area contributed by atoms with E-state index in [0.29, 0.717) is 6.61 Å². The highest BCUT2D eigenvalue weighted by Gasteiger charge is 2.02. The minimum Gasteiger partial charge on any atom is -0.489 e. The zero-order valence-corrected chi connectivity index (χ0v) is 14.9. The summed E-state index contributed by atoms with van der Waals surface area (Å²) in [6.07, 6.45) is 1.81. The number of ether oxygens (including phenoxy) is 2. The lowest BCUT2D eigenvalue weighted by Gasteiger charge is -2.09. The Kier molecular flexibility index (Phi) is 4.94. The number of para-hydroxylation sites is 1. The lowest BCUT2D eigenvalue weighted by atomic mass is 10.2. The van der Waals surface area contributed by atoms with Crippen molar-refractivity contribution in [2.24, 2.45) is 0 Å². The van der Waals surface area contributed by atoms with Crippen molar-refractivity contribution < 1.29 is 9.47 Å². The van der Waals surface area contributed by atoms with Crippen LogP contribution in [0.3, 0.4) is 0 Å². The average Bonchev–Trinajstić information content (AvgIpc) is 3.23. The SMILES string of the molecule is c1ccc(Oc2cccc(COc3ccc(-c4ccns4)cc3)c2)cc1. The molecule has 0 bridgehead atoms. The van der Waals surface area contributed by atoms with Gasteiger partial charge in [0.1, 0.15) is 23.9 Å². The predicted molar refractivity (Wildman–Crippen MR) is 105 cm³/mol. The van der Waals surface area contributed by atoms with Gasteiger partial charge in [-0.1, -0.05) is 30.3 Å². The molecule has 3 nitrogen and oxygen atoms in total. The summed E-state index contributed by atoms with van der Waals surface area (Å²) < 4.78 is 15.9. The highest BCUT2D eigenvalue weighted by Crippen LogP contribution is 2.26. The molecule has 0 aliphatic heterocycles. The molecular weight excluding hydrogens is 342 g/mol. The zero-order chi connectivity index (χ0) is 17.6. The van der Waals surface area contributed by atoms with Crippen LogP contribution in [0.2, 0.25) is 0 Å². The van der Waals surface area contributed by atoms with Gasteiger partial charge in [-0.05, 0) is 77.3 Å². The van der Waals surface area contributed by atoms with Gasteiger partial charge in [-0.3, -0.25) is 0 Å². The third-order valence-corrected chi connectivity index (χ3v) is 4.66. The molecule has 0 saturated heterocycles. The molecule has 0 N–H and O–H groups in total. The van der Waals surface area contributed by atoms with E-state index in [-0.39, 0.29) is 0 Å². The molecule has 4 aromatic rings. The van der Waals surface area contributed by atoms with Crippen molar-refractivity contribution >= 4 is 11.5 Å². The monoisotopic (exact) mass is 359 g/mol. The second-order valence-corrected chi connectivity index (χ2v) is 6.59. The van der Waals surface area contributed by atoms with Crippen molar-refractivity contribution in [1.29, 1.82) is 0 Å². The van der Waals surface area contributed by atoms with Gasteiger partial charge in [-0.2, -0.15) is 0 Å². The van der Waals surface area contributed by atoms with Gasteiger partial charge in [0.2, 0.25) is 0 Å². The fourth-order valence-electron chi connectivity index (χ4n) is 2.57. The average molecular weight is 359 g/mol. The molecule has 26 heavy (non-hydrogen) atoms.